The van der Waals surface area contributed by atoms with Gasteiger partial charge in [-0.1, -0.05) is 0 Å². The summed E-state index contributed by atoms with van der Waals surface area (Å²) in [6, 6.07) is 1.94. The van der Waals surface area contributed by atoms with Gasteiger partial charge < -0.3 is 10.5 Å². The van der Waals surface area contributed by atoms with Crippen molar-refractivity contribution in [3.63, 3.8) is 0 Å². The molecule has 4 nitrogen and oxygen atoms in total. The number of hydrogen-bond acceptors (Lipinski definition) is 4. The third-order valence-corrected chi connectivity index (χ3v) is 3.15. The molecule has 4 heteroatoms. The molecular formula is C13H18N2O2. The van der Waals surface area contributed by atoms with Gasteiger partial charge in [0.15, 0.2) is 5.78 Å². The van der Waals surface area contributed by atoms with E-state index in [1.807, 2.05) is 6.92 Å². The fraction of sp³-hybridized carbons (Fsp3) is 0.538. The van der Waals surface area contributed by atoms with Crippen LogP contribution in [0, 0.1) is 5.92 Å². The molecule has 2 atom stereocenters. The molecule has 92 valence electrons. The molecule has 1 aromatic rings. The van der Waals surface area contributed by atoms with Gasteiger partial charge in [0.2, 0.25) is 0 Å². The Kier molecular flexibility index (Phi) is 3.74. The topological polar surface area (TPSA) is 65.2 Å². The zero-order chi connectivity index (χ0) is 12.3. The Morgan fingerprint density at radius 2 is 2.35 bits per heavy atom. The van der Waals surface area contributed by atoms with Crippen LogP contribution in [0.1, 0.15) is 36.5 Å². The first-order valence-electron chi connectivity index (χ1n) is 6.08. The summed E-state index contributed by atoms with van der Waals surface area (Å²) >= 11 is 0. The standard InChI is InChI=1S/C13H18N2O2/c1-2-17-12-6-10(7-15-8-12)13(16)9-3-4-11(14)5-9/h6-9,11H,2-5,14H2,1H3. The summed E-state index contributed by atoms with van der Waals surface area (Å²) in [4.78, 5) is 16.2. The summed E-state index contributed by atoms with van der Waals surface area (Å²) in [6.07, 6.45) is 5.85. The van der Waals surface area contributed by atoms with Crippen molar-refractivity contribution in [3.05, 3.63) is 24.0 Å². The molecule has 0 aliphatic heterocycles. The van der Waals surface area contributed by atoms with Crippen LogP contribution in [0.5, 0.6) is 5.75 Å². The lowest BCUT2D eigenvalue weighted by atomic mass is 9.97. The molecule has 1 fully saturated rings. The van der Waals surface area contributed by atoms with Crippen molar-refractivity contribution in [1.82, 2.24) is 4.98 Å². The van der Waals surface area contributed by atoms with Crippen molar-refractivity contribution < 1.29 is 9.53 Å². The van der Waals surface area contributed by atoms with Crippen molar-refractivity contribution in [2.75, 3.05) is 6.61 Å². The fourth-order valence-corrected chi connectivity index (χ4v) is 2.29. The van der Waals surface area contributed by atoms with Crippen LogP contribution in [-0.4, -0.2) is 23.4 Å². The SMILES string of the molecule is CCOc1cncc(C(=O)C2CCC(N)C2)c1. The van der Waals surface area contributed by atoms with Crippen molar-refractivity contribution in [2.45, 2.75) is 32.2 Å². The molecule has 0 bridgehead atoms. The van der Waals surface area contributed by atoms with Crippen LogP contribution in [0.3, 0.4) is 0 Å². The molecule has 0 aromatic carbocycles. The third-order valence-electron chi connectivity index (χ3n) is 3.15. The number of carbonyl (C=O) groups is 1. The lowest BCUT2D eigenvalue weighted by Crippen LogP contribution is -2.18. The first-order chi connectivity index (χ1) is 8.20. The van der Waals surface area contributed by atoms with Crippen LogP contribution in [0.2, 0.25) is 0 Å². The average molecular weight is 234 g/mol. The highest BCUT2D eigenvalue weighted by Crippen LogP contribution is 2.28. The van der Waals surface area contributed by atoms with E-state index in [-0.39, 0.29) is 17.7 Å². The van der Waals surface area contributed by atoms with Gasteiger partial charge in [0.05, 0.1) is 12.8 Å². The van der Waals surface area contributed by atoms with E-state index in [9.17, 15) is 4.79 Å². The monoisotopic (exact) mass is 234 g/mol. The molecule has 0 saturated heterocycles. The van der Waals surface area contributed by atoms with Gasteiger partial charge in [-0.05, 0) is 32.3 Å². The number of nitrogens with zero attached hydrogens (tertiary/aromatic N) is 1. The van der Waals surface area contributed by atoms with Gasteiger partial charge in [-0.2, -0.15) is 0 Å². The zero-order valence-corrected chi connectivity index (χ0v) is 10.1. The second-order valence-corrected chi connectivity index (χ2v) is 4.48. The summed E-state index contributed by atoms with van der Waals surface area (Å²) in [5.74, 6) is 0.858. The highest BCUT2D eigenvalue weighted by atomic mass is 16.5. The van der Waals surface area contributed by atoms with E-state index in [0.29, 0.717) is 17.9 Å². The summed E-state index contributed by atoms with van der Waals surface area (Å²) in [5.41, 5.74) is 6.46. The van der Waals surface area contributed by atoms with Crippen molar-refractivity contribution in [1.29, 1.82) is 0 Å². The lowest BCUT2D eigenvalue weighted by Gasteiger charge is -2.09. The van der Waals surface area contributed by atoms with E-state index >= 15 is 0 Å². The molecule has 2 unspecified atom stereocenters. The second kappa shape index (κ2) is 5.27. The number of nitrogens with two attached hydrogens (primary N) is 1. The predicted molar refractivity (Wildman–Crippen MR) is 65.1 cm³/mol. The maximum Gasteiger partial charge on any atom is 0.167 e. The van der Waals surface area contributed by atoms with Gasteiger partial charge in [0.25, 0.3) is 0 Å². The normalized spacial score (nSPS) is 23.6. The molecule has 1 saturated carbocycles. The summed E-state index contributed by atoms with van der Waals surface area (Å²) in [7, 11) is 0. The van der Waals surface area contributed by atoms with Gasteiger partial charge in [-0.25, -0.2) is 0 Å². The molecule has 1 aliphatic carbocycles. The summed E-state index contributed by atoms with van der Waals surface area (Å²) in [6.45, 7) is 2.48. The van der Waals surface area contributed by atoms with Crippen LogP contribution in [-0.2, 0) is 0 Å². The fourth-order valence-electron chi connectivity index (χ4n) is 2.29. The van der Waals surface area contributed by atoms with E-state index in [2.05, 4.69) is 4.98 Å². The Bertz CT molecular complexity index is 406. The van der Waals surface area contributed by atoms with Crippen LogP contribution in [0.4, 0.5) is 0 Å². The van der Waals surface area contributed by atoms with Crippen molar-refractivity contribution in [3.8, 4) is 5.75 Å². The van der Waals surface area contributed by atoms with E-state index in [1.165, 1.54) is 0 Å². The maximum atomic E-state index is 12.2. The number of ketones is 1. The Morgan fingerprint density at radius 1 is 1.53 bits per heavy atom. The van der Waals surface area contributed by atoms with Gasteiger partial charge in [-0.3, -0.25) is 9.78 Å². The van der Waals surface area contributed by atoms with Gasteiger partial charge >= 0.3 is 0 Å². The number of hydrogen-bond donors (Lipinski definition) is 1. The molecular weight excluding hydrogens is 216 g/mol. The molecule has 2 N–H and O–H groups in total. The minimum atomic E-state index is 0.0590. The smallest absolute Gasteiger partial charge is 0.167 e. The quantitative estimate of drug-likeness (QED) is 0.807. The first kappa shape index (κ1) is 12.0. The molecule has 0 amide bonds. The van der Waals surface area contributed by atoms with Gasteiger partial charge in [0, 0.05) is 23.7 Å². The van der Waals surface area contributed by atoms with Crippen molar-refractivity contribution >= 4 is 5.78 Å². The van der Waals surface area contributed by atoms with Crippen LogP contribution < -0.4 is 10.5 Å². The molecule has 0 radical (unpaired) electrons. The maximum absolute atomic E-state index is 12.2. The molecule has 1 aliphatic rings. The third kappa shape index (κ3) is 2.82. The van der Waals surface area contributed by atoms with Gasteiger partial charge in [0.1, 0.15) is 5.75 Å². The summed E-state index contributed by atoms with van der Waals surface area (Å²) in [5, 5.41) is 0. The van der Waals surface area contributed by atoms with E-state index in [4.69, 9.17) is 10.5 Å². The number of aromatic nitrogens is 1. The number of rotatable bonds is 4. The Balaban J connectivity index is 2.10. The Labute approximate surface area is 101 Å². The van der Waals surface area contributed by atoms with E-state index in [0.717, 1.165) is 19.3 Å². The van der Waals surface area contributed by atoms with Crippen LogP contribution in [0.15, 0.2) is 18.5 Å². The predicted octanol–water partition coefficient (Wildman–Crippen LogP) is 1.79. The highest BCUT2D eigenvalue weighted by Gasteiger charge is 2.28. The lowest BCUT2D eigenvalue weighted by molar-refractivity contribution is 0.0921. The first-order valence-corrected chi connectivity index (χ1v) is 6.08. The molecule has 17 heavy (non-hydrogen) atoms. The van der Waals surface area contributed by atoms with Crippen molar-refractivity contribution in [2.24, 2.45) is 11.7 Å². The Hall–Kier alpha value is -1.42. The minimum Gasteiger partial charge on any atom is -0.492 e. The summed E-state index contributed by atoms with van der Waals surface area (Å²) < 4.78 is 5.34. The van der Waals surface area contributed by atoms with Gasteiger partial charge in [-0.15, -0.1) is 0 Å². The molecule has 2 rings (SSSR count). The van der Waals surface area contributed by atoms with E-state index < -0.39 is 0 Å². The number of carbonyl (C=O) groups excluding carboxylic acids is 1. The van der Waals surface area contributed by atoms with Crippen LogP contribution in [0.25, 0.3) is 0 Å². The molecule has 1 heterocycles. The second-order valence-electron chi connectivity index (χ2n) is 4.48. The molecule has 0 spiro atoms. The highest BCUT2D eigenvalue weighted by molar-refractivity contribution is 5.98. The number of pyridine rings is 1. The van der Waals surface area contributed by atoms with Crippen LogP contribution >= 0.6 is 0 Å². The minimum absolute atomic E-state index is 0.0590. The largest absolute Gasteiger partial charge is 0.492 e. The average Bonchev–Trinajstić information content (AvgIpc) is 2.76. The Morgan fingerprint density at radius 3 is 3.00 bits per heavy atom. The van der Waals surface area contributed by atoms with E-state index in [1.54, 1.807) is 18.5 Å². The number of Topliss-reactive ketones (excluding diaryl/α,β-unsaturated/α-hetero) is 1. The number of ether oxygens (including phenoxy) is 1. The molecule has 1 aromatic heterocycles. The zero-order valence-electron chi connectivity index (χ0n) is 10.1.